The minimum atomic E-state index is -1.14. The van der Waals surface area contributed by atoms with Gasteiger partial charge in [-0.15, -0.1) is 0 Å². The Morgan fingerprint density at radius 2 is 2.29 bits per heavy atom. The first-order valence-corrected chi connectivity index (χ1v) is 4.88. The van der Waals surface area contributed by atoms with Gasteiger partial charge in [-0.2, -0.15) is 5.10 Å². The number of carboxylic acids is 1. The van der Waals surface area contributed by atoms with Crippen molar-refractivity contribution in [3.8, 4) is 11.3 Å². The second kappa shape index (κ2) is 3.44. The third-order valence-corrected chi connectivity index (χ3v) is 2.47. The van der Waals surface area contributed by atoms with Crippen LogP contribution in [0, 0.1) is 0 Å². The quantitative estimate of drug-likeness (QED) is 0.700. The van der Waals surface area contributed by atoms with Gasteiger partial charge in [0.25, 0.3) is 0 Å². The predicted molar refractivity (Wildman–Crippen MR) is 58.6 cm³/mol. The summed E-state index contributed by atoms with van der Waals surface area (Å²) in [7, 11) is 0. The van der Waals surface area contributed by atoms with Gasteiger partial charge in [-0.1, -0.05) is 23.4 Å². The van der Waals surface area contributed by atoms with E-state index < -0.39 is 5.97 Å². The van der Waals surface area contributed by atoms with E-state index in [9.17, 15) is 4.79 Å². The van der Waals surface area contributed by atoms with Gasteiger partial charge in [0.05, 0.1) is 11.7 Å². The summed E-state index contributed by atoms with van der Waals surface area (Å²) in [6.45, 7) is 0. The Labute approximate surface area is 94.9 Å². The van der Waals surface area contributed by atoms with Crippen LogP contribution in [0.2, 0.25) is 0 Å². The minimum absolute atomic E-state index is 0.184. The number of nitrogens with one attached hydrogen (secondary N) is 1. The highest BCUT2D eigenvalue weighted by atomic mass is 16.5. The molecule has 3 aromatic rings. The Morgan fingerprint density at radius 3 is 3.06 bits per heavy atom. The Bertz CT molecular complexity index is 699. The number of aromatic carboxylic acids is 1. The third-order valence-electron chi connectivity index (χ3n) is 2.47. The fourth-order valence-corrected chi connectivity index (χ4v) is 1.69. The molecule has 0 aliphatic heterocycles. The van der Waals surface area contributed by atoms with E-state index in [0.29, 0.717) is 5.69 Å². The molecule has 0 bridgehead atoms. The molecule has 0 saturated heterocycles. The molecule has 17 heavy (non-hydrogen) atoms. The monoisotopic (exact) mass is 229 g/mol. The molecule has 0 amide bonds. The molecule has 2 heterocycles. The highest BCUT2D eigenvalue weighted by Gasteiger charge is 2.14. The molecule has 0 fully saturated rings. The van der Waals surface area contributed by atoms with E-state index in [1.807, 2.05) is 18.2 Å². The molecule has 0 aliphatic carbocycles. The second-order valence-corrected chi connectivity index (χ2v) is 3.52. The summed E-state index contributed by atoms with van der Waals surface area (Å²) in [6.07, 6.45) is 1.69. The minimum Gasteiger partial charge on any atom is -0.475 e. The van der Waals surface area contributed by atoms with Crippen molar-refractivity contribution in [2.75, 3.05) is 0 Å². The number of aromatic amines is 1. The molecule has 6 heteroatoms. The van der Waals surface area contributed by atoms with Crippen LogP contribution in [-0.2, 0) is 0 Å². The van der Waals surface area contributed by atoms with Gasteiger partial charge in [0.2, 0.25) is 5.76 Å². The van der Waals surface area contributed by atoms with Crippen LogP contribution in [0.3, 0.4) is 0 Å². The van der Waals surface area contributed by atoms with Gasteiger partial charge < -0.3 is 9.63 Å². The normalized spacial score (nSPS) is 10.8. The molecule has 0 radical (unpaired) electrons. The molecule has 0 aliphatic rings. The number of hydrogen-bond donors (Lipinski definition) is 2. The highest BCUT2D eigenvalue weighted by Crippen LogP contribution is 2.26. The van der Waals surface area contributed by atoms with Crippen LogP contribution in [-0.4, -0.2) is 26.4 Å². The van der Waals surface area contributed by atoms with Crippen LogP contribution in [0.15, 0.2) is 35.0 Å². The number of carboxylic acid groups (broad SMARTS) is 1. The number of nitrogens with zero attached hydrogens (tertiary/aromatic N) is 2. The van der Waals surface area contributed by atoms with Crippen LogP contribution in [0.4, 0.5) is 0 Å². The lowest BCUT2D eigenvalue weighted by molar-refractivity contribution is 0.0652. The summed E-state index contributed by atoms with van der Waals surface area (Å²) in [5, 5.41) is 20.2. The van der Waals surface area contributed by atoms with Crippen molar-refractivity contribution in [2.45, 2.75) is 0 Å². The maximum atomic E-state index is 10.7. The third kappa shape index (κ3) is 1.46. The number of H-pyrrole nitrogens is 1. The maximum absolute atomic E-state index is 10.7. The number of aromatic nitrogens is 3. The Kier molecular flexibility index (Phi) is 1.94. The number of benzene rings is 1. The second-order valence-electron chi connectivity index (χ2n) is 3.52. The first kappa shape index (κ1) is 9.59. The largest absolute Gasteiger partial charge is 0.475 e. The lowest BCUT2D eigenvalue weighted by Gasteiger charge is -1.96. The number of carbonyl (C=O) groups is 1. The number of para-hydroxylation sites is 1. The number of fused-ring (bicyclic) bond motifs is 1. The van der Waals surface area contributed by atoms with Crippen molar-refractivity contribution in [1.29, 1.82) is 0 Å². The Morgan fingerprint density at radius 1 is 1.41 bits per heavy atom. The predicted octanol–water partition coefficient (Wildman–Crippen LogP) is 1.92. The Balaban J connectivity index is 2.19. The fraction of sp³-hybridized carbons (Fsp3) is 0. The van der Waals surface area contributed by atoms with Gasteiger partial charge in [0, 0.05) is 17.0 Å². The highest BCUT2D eigenvalue weighted by molar-refractivity contribution is 5.93. The first-order valence-electron chi connectivity index (χ1n) is 4.88. The van der Waals surface area contributed by atoms with Crippen LogP contribution < -0.4 is 0 Å². The lowest BCUT2D eigenvalue weighted by Crippen LogP contribution is -1.91. The molecule has 0 unspecified atom stereocenters. The molecular formula is C11H7N3O3. The van der Waals surface area contributed by atoms with Crippen LogP contribution in [0.1, 0.15) is 10.6 Å². The van der Waals surface area contributed by atoms with E-state index in [1.165, 1.54) is 6.07 Å². The number of rotatable bonds is 2. The van der Waals surface area contributed by atoms with Gasteiger partial charge in [-0.3, -0.25) is 5.10 Å². The summed E-state index contributed by atoms with van der Waals surface area (Å²) >= 11 is 0. The molecular weight excluding hydrogens is 222 g/mol. The molecule has 84 valence electrons. The van der Waals surface area contributed by atoms with Crippen molar-refractivity contribution in [2.24, 2.45) is 0 Å². The van der Waals surface area contributed by atoms with Crippen LogP contribution in [0.25, 0.3) is 22.2 Å². The summed E-state index contributed by atoms with van der Waals surface area (Å²) < 4.78 is 4.72. The van der Waals surface area contributed by atoms with Crippen molar-refractivity contribution in [3.05, 3.63) is 36.2 Å². The van der Waals surface area contributed by atoms with Crippen LogP contribution in [0.5, 0.6) is 0 Å². The van der Waals surface area contributed by atoms with Gasteiger partial charge in [0.15, 0.2) is 0 Å². The van der Waals surface area contributed by atoms with E-state index in [4.69, 9.17) is 9.63 Å². The topological polar surface area (TPSA) is 92.0 Å². The molecule has 2 aromatic heterocycles. The molecule has 2 N–H and O–H groups in total. The average molecular weight is 229 g/mol. The SMILES string of the molecule is O=C(O)c1cc(-c2cccc3cn[nH]c23)no1. The molecule has 0 saturated carbocycles. The average Bonchev–Trinajstić information content (AvgIpc) is 2.97. The maximum Gasteiger partial charge on any atom is 0.374 e. The van der Waals surface area contributed by atoms with Gasteiger partial charge >= 0.3 is 5.97 Å². The summed E-state index contributed by atoms with van der Waals surface area (Å²) in [5.41, 5.74) is 2.03. The van der Waals surface area contributed by atoms with Crippen molar-refractivity contribution in [3.63, 3.8) is 0 Å². The zero-order valence-electron chi connectivity index (χ0n) is 8.54. The van der Waals surface area contributed by atoms with Crippen molar-refractivity contribution in [1.82, 2.24) is 15.4 Å². The van der Waals surface area contributed by atoms with Crippen molar-refractivity contribution >= 4 is 16.9 Å². The zero-order valence-corrected chi connectivity index (χ0v) is 8.54. The van der Waals surface area contributed by atoms with Gasteiger partial charge in [-0.25, -0.2) is 4.79 Å². The first-order chi connectivity index (χ1) is 8.25. The Hall–Kier alpha value is -2.63. The van der Waals surface area contributed by atoms with Gasteiger partial charge in [-0.05, 0) is 0 Å². The molecule has 6 nitrogen and oxygen atoms in total. The lowest BCUT2D eigenvalue weighted by atomic mass is 10.1. The summed E-state index contributed by atoms with van der Waals surface area (Å²) in [4.78, 5) is 10.7. The van der Waals surface area contributed by atoms with E-state index in [-0.39, 0.29) is 5.76 Å². The van der Waals surface area contributed by atoms with Gasteiger partial charge in [0.1, 0.15) is 5.69 Å². The number of hydrogen-bond acceptors (Lipinski definition) is 4. The fourth-order valence-electron chi connectivity index (χ4n) is 1.69. The molecule has 3 rings (SSSR count). The van der Waals surface area contributed by atoms with E-state index in [1.54, 1.807) is 6.20 Å². The molecule has 0 atom stereocenters. The molecule has 1 aromatic carbocycles. The van der Waals surface area contributed by atoms with E-state index >= 15 is 0 Å². The summed E-state index contributed by atoms with van der Waals surface area (Å²) in [5.74, 6) is -1.32. The zero-order chi connectivity index (χ0) is 11.8. The smallest absolute Gasteiger partial charge is 0.374 e. The van der Waals surface area contributed by atoms with Crippen molar-refractivity contribution < 1.29 is 14.4 Å². The van der Waals surface area contributed by atoms with E-state index in [0.717, 1.165) is 16.5 Å². The van der Waals surface area contributed by atoms with Crippen LogP contribution >= 0.6 is 0 Å². The summed E-state index contributed by atoms with van der Waals surface area (Å²) in [6, 6.07) is 6.96. The molecule has 0 spiro atoms. The standard InChI is InChI=1S/C11H7N3O3/c15-11(16)9-4-8(14-17-9)7-3-1-2-6-5-12-13-10(6)7/h1-5H,(H,12,13)(H,15,16). The van der Waals surface area contributed by atoms with E-state index in [2.05, 4.69) is 15.4 Å².